The van der Waals surface area contributed by atoms with E-state index in [0.29, 0.717) is 12.2 Å². The molecule has 19 heavy (non-hydrogen) atoms. The van der Waals surface area contributed by atoms with Gasteiger partial charge in [0.25, 0.3) is 0 Å². The molecule has 5 heteroatoms. The van der Waals surface area contributed by atoms with Crippen LogP contribution in [0.4, 0.5) is 11.5 Å². The van der Waals surface area contributed by atoms with Crippen molar-refractivity contribution in [3.63, 3.8) is 0 Å². The predicted octanol–water partition coefficient (Wildman–Crippen LogP) is 3.16. The number of benzene rings is 1. The minimum absolute atomic E-state index is 0.142. The summed E-state index contributed by atoms with van der Waals surface area (Å²) in [6.45, 7) is 2.64. The summed E-state index contributed by atoms with van der Waals surface area (Å²) in [4.78, 5) is 14.2. The van der Waals surface area contributed by atoms with Gasteiger partial charge < -0.3 is 15.4 Å². The number of pyridine rings is 1. The van der Waals surface area contributed by atoms with Crippen molar-refractivity contribution in [3.8, 4) is 0 Å². The van der Waals surface area contributed by atoms with Crippen LogP contribution in [0.25, 0.3) is 0 Å². The van der Waals surface area contributed by atoms with Crippen LogP contribution in [0.3, 0.4) is 0 Å². The third-order valence-corrected chi connectivity index (χ3v) is 2.93. The Bertz CT molecular complexity index is 584. The second-order valence-corrected chi connectivity index (χ2v) is 4.11. The first-order valence-corrected chi connectivity index (χ1v) is 6.12. The fraction of sp³-hybridized carbons (Fsp3) is 0.214. The molecule has 0 spiro atoms. The lowest BCUT2D eigenvalue weighted by Gasteiger charge is -2.10. The number of hydrogen-bond donors (Lipinski definition) is 1. The van der Waals surface area contributed by atoms with Crippen LogP contribution in [0.1, 0.15) is 18.1 Å². The second kappa shape index (κ2) is 5.95. The normalized spacial score (nSPS) is 10.2. The SMILES string of the molecule is CCc1ccccc1CNc1cccnc1[N+](=O)[O-]. The molecule has 0 aliphatic carbocycles. The zero-order chi connectivity index (χ0) is 13.7. The first-order chi connectivity index (χ1) is 9.22. The number of nitro groups is 1. The number of nitrogens with one attached hydrogen (secondary N) is 1. The van der Waals surface area contributed by atoms with Crippen LogP contribution in [0.5, 0.6) is 0 Å². The lowest BCUT2D eigenvalue weighted by atomic mass is 10.1. The van der Waals surface area contributed by atoms with E-state index in [4.69, 9.17) is 0 Å². The van der Waals surface area contributed by atoms with E-state index in [-0.39, 0.29) is 5.82 Å². The van der Waals surface area contributed by atoms with Gasteiger partial charge in [-0.3, -0.25) is 0 Å². The smallest absolute Gasteiger partial charge is 0.374 e. The molecule has 2 rings (SSSR count). The molecular formula is C14H15N3O2. The quantitative estimate of drug-likeness (QED) is 0.660. The fourth-order valence-corrected chi connectivity index (χ4v) is 1.95. The molecule has 0 bridgehead atoms. The maximum absolute atomic E-state index is 10.9. The molecule has 0 amide bonds. The Hall–Kier alpha value is -2.43. The molecule has 0 aliphatic rings. The van der Waals surface area contributed by atoms with Crippen LogP contribution >= 0.6 is 0 Å². The second-order valence-electron chi connectivity index (χ2n) is 4.11. The molecule has 2 aromatic rings. The number of aryl methyl sites for hydroxylation is 1. The molecule has 0 saturated heterocycles. The van der Waals surface area contributed by atoms with E-state index in [1.165, 1.54) is 11.8 Å². The average Bonchev–Trinajstić information content (AvgIpc) is 2.45. The van der Waals surface area contributed by atoms with Crippen molar-refractivity contribution in [2.75, 3.05) is 5.32 Å². The predicted molar refractivity (Wildman–Crippen MR) is 74.0 cm³/mol. The molecule has 0 saturated carbocycles. The Morgan fingerprint density at radius 3 is 2.63 bits per heavy atom. The van der Waals surface area contributed by atoms with Gasteiger partial charge in [0, 0.05) is 6.54 Å². The molecule has 0 atom stereocenters. The van der Waals surface area contributed by atoms with E-state index in [0.717, 1.165) is 12.0 Å². The van der Waals surface area contributed by atoms with Crippen LogP contribution in [0.2, 0.25) is 0 Å². The average molecular weight is 257 g/mol. The van der Waals surface area contributed by atoms with Crippen LogP contribution in [0.15, 0.2) is 42.6 Å². The lowest BCUT2D eigenvalue weighted by Crippen LogP contribution is -2.05. The minimum atomic E-state index is -0.478. The highest BCUT2D eigenvalue weighted by molar-refractivity contribution is 5.56. The molecule has 0 aliphatic heterocycles. The summed E-state index contributed by atoms with van der Waals surface area (Å²) in [5.74, 6) is -0.142. The van der Waals surface area contributed by atoms with E-state index in [9.17, 15) is 10.1 Å². The first-order valence-electron chi connectivity index (χ1n) is 6.12. The van der Waals surface area contributed by atoms with Gasteiger partial charge in [-0.1, -0.05) is 31.2 Å². The minimum Gasteiger partial charge on any atom is -0.374 e. The van der Waals surface area contributed by atoms with Gasteiger partial charge in [0.15, 0.2) is 0 Å². The van der Waals surface area contributed by atoms with Crippen molar-refractivity contribution >= 4 is 11.5 Å². The van der Waals surface area contributed by atoms with Gasteiger partial charge in [-0.15, -0.1) is 0 Å². The molecule has 1 N–H and O–H groups in total. The van der Waals surface area contributed by atoms with Crippen LogP contribution in [-0.2, 0) is 13.0 Å². The van der Waals surface area contributed by atoms with Crippen molar-refractivity contribution in [2.45, 2.75) is 19.9 Å². The summed E-state index contributed by atoms with van der Waals surface area (Å²) < 4.78 is 0. The van der Waals surface area contributed by atoms with E-state index in [1.807, 2.05) is 18.2 Å². The molecule has 1 aromatic carbocycles. The number of anilines is 1. The molecule has 5 nitrogen and oxygen atoms in total. The third-order valence-electron chi connectivity index (χ3n) is 2.93. The molecule has 1 heterocycles. The molecular weight excluding hydrogens is 242 g/mol. The topological polar surface area (TPSA) is 68.1 Å². The van der Waals surface area contributed by atoms with Gasteiger partial charge in [0.05, 0.1) is 0 Å². The highest BCUT2D eigenvalue weighted by atomic mass is 16.6. The van der Waals surface area contributed by atoms with Gasteiger partial charge in [-0.25, -0.2) is 0 Å². The standard InChI is InChI=1S/C14H15N3O2/c1-2-11-6-3-4-7-12(11)10-16-13-8-5-9-15-14(13)17(18)19/h3-9,16H,2,10H2,1H3. The first kappa shape index (κ1) is 13.0. The molecule has 1 aromatic heterocycles. The summed E-state index contributed by atoms with van der Waals surface area (Å²) in [5.41, 5.74) is 2.82. The third kappa shape index (κ3) is 3.07. The Labute approximate surface area is 111 Å². The van der Waals surface area contributed by atoms with Gasteiger partial charge in [0.2, 0.25) is 0 Å². The fourth-order valence-electron chi connectivity index (χ4n) is 1.95. The van der Waals surface area contributed by atoms with Crippen LogP contribution in [0, 0.1) is 10.1 Å². The van der Waals surface area contributed by atoms with Crippen molar-refractivity contribution < 1.29 is 4.92 Å². The van der Waals surface area contributed by atoms with Gasteiger partial charge in [0.1, 0.15) is 11.9 Å². The van der Waals surface area contributed by atoms with Crippen molar-refractivity contribution in [3.05, 3.63) is 63.8 Å². The maximum atomic E-state index is 10.9. The van der Waals surface area contributed by atoms with Gasteiger partial charge in [-0.2, -0.15) is 0 Å². The highest BCUT2D eigenvalue weighted by Gasteiger charge is 2.13. The number of nitrogens with zero attached hydrogens (tertiary/aromatic N) is 2. The molecule has 0 fully saturated rings. The Morgan fingerprint density at radius 2 is 1.95 bits per heavy atom. The van der Waals surface area contributed by atoms with E-state index < -0.39 is 4.92 Å². The van der Waals surface area contributed by atoms with Gasteiger partial charge in [-0.05, 0) is 39.6 Å². The lowest BCUT2D eigenvalue weighted by molar-refractivity contribution is -0.388. The summed E-state index contributed by atoms with van der Waals surface area (Å²) >= 11 is 0. The van der Waals surface area contributed by atoms with Crippen molar-refractivity contribution in [1.29, 1.82) is 0 Å². The summed E-state index contributed by atoms with van der Waals surface area (Å²) in [6, 6.07) is 11.4. The van der Waals surface area contributed by atoms with Crippen LogP contribution in [-0.4, -0.2) is 9.91 Å². The van der Waals surface area contributed by atoms with E-state index in [2.05, 4.69) is 23.3 Å². The summed E-state index contributed by atoms with van der Waals surface area (Å²) in [5, 5.41) is 13.9. The number of aromatic nitrogens is 1. The molecule has 98 valence electrons. The molecule has 0 radical (unpaired) electrons. The Balaban J connectivity index is 2.17. The highest BCUT2D eigenvalue weighted by Crippen LogP contribution is 2.21. The molecule has 0 unspecified atom stereocenters. The number of rotatable bonds is 5. The maximum Gasteiger partial charge on any atom is 0.386 e. The van der Waals surface area contributed by atoms with Crippen molar-refractivity contribution in [1.82, 2.24) is 4.98 Å². The largest absolute Gasteiger partial charge is 0.386 e. The zero-order valence-corrected chi connectivity index (χ0v) is 10.7. The summed E-state index contributed by atoms with van der Waals surface area (Å²) in [6.07, 6.45) is 2.36. The summed E-state index contributed by atoms with van der Waals surface area (Å²) in [7, 11) is 0. The van der Waals surface area contributed by atoms with Crippen LogP contribution < -0.4 is 5.32 Å². The van der Waals surface area contributed by atoms with E-state index in [1.54, 1.807) is 12.1 Å². The zero-order valence-electron chi connectivity index (χ0n) is 10.7. The van der Waals surface area contributed by atoms with Crippen molar-refractivity contribution in [2.24, 2.45) is 0 Å². The Morgan fingerprint density at radius 1 is 1.21 bits per heavy atom. The Kier molecular flexibility index (Phi) is 4.07. The monoisotopic (exact) mass is 257 g/mol. The van der Waals surface area contributed by atoms with E-state index >= 15 is 0 Å². The van der Waals surface area contributed by atoms with Gasteiger partial charge >= 0.3 is 5.82 Å². The number of hydrogen-bond acceptors (Lipinski definition) is 4.